The van der Waals surface area contributed by atoms with E-state index in [9.17, 15) is 4.79 Å². The molecule has 0 aliphatic carbocycles. The molecule has 1 aromatic carbocycles. The fourth-order valence-corrected chi connectivity index (χ4v) is 2.82. The van der Waals surface area contributed by atoms with E-state index in [0.717, 1.165) is 30.4 Å². The van der Waals surface area contributed by atoms with Gasteiger partial charge in [0.25, 0.3) is 0 Å². The van der Waals surface area contributed by atoms with Crippen molar-refractivity contribution in [1.29, 1.82) is 0 Å². The maximum atomic E-state index is 12.2. The van der Waals surface area contributed by atoms with Gasteiger partial charge in [-0.15, -0.1) is 0 Å². The Kier molecular flexibility index (Phi) is 7.85. The molecule has 1 N–H and O–H groups in total. The predicted octanol–water partition coefficient (Wildman–Crippen LogP) is 3.75. The van der Waals surface area contributed by atoms with Gasteiger partial charge in [0.05, 0.1) is 6.54 Å². The van der Waals surface area contributed by atoms with Crippen LogP contribution in [0.25, 0.3) is 0 Å². The van der Waals surface area contributed by atoms with Gasteiger partial charge in [0.1, 0.15) is 0 Å². The van der Waals surface area contributed by atoms with Crippen LogP contribution in [0.1, 0.15) is 45.2 Å². The van der Waals surface area contributed by atoms with E-state index in [1.54, 1.807) is 0 Å². The highest BCUT2D eigenvalue weighted by atomic mass is 79.9. The zero-order chi connectivity index (χ0) is 15.0. The summed E-state index contributed by atoms with van der Waals surface area (Å²) in [6, 6.07) is 8.26. The second-order valence-electron chi connectivity index (χ2n) is 5.00. The lowest BCUT2D eigenvalue weighted by Crippen LogP contribution is -2.39. The Morgan fingerprint density at radius 3 is 2.40 bits per heavy atom. The van der Waals surface area contributed by atoms with Gasteiger partial charge in [-0.05, 0) is 31.4 Å². The fourth-order valence-electron chi connectivity index (χ4n) is 2.19. The van der Waals surface area contributed by atoms with Crippen LogP contribution < -0.4 is 5.32 Å². The quantitative estimate of drug-likeness (QED) is 0.781. The minimum atomic E-state index is 0.152. The minimum absolute atomic E-state index is 0.152. The normalized spacial score (nSPS) is 12.2. The van der Waals surface area contributed by atoms with Crippen molar-refractivity contribution < 1.29 is 4.79 Å². The van der Waals surface area contributed by atoms with Crippen LogP contribution in [0.4, 0.5) is 0 Å². The summed E-state index contributed by atoms with van der Waals surface area (Å²) in [6.07, 6.45) is 2.01. The molecule has 0 radical (unpaired) electrons. The first-order chi connectivity index (χ1) is 9.60. The van der Waals surface area contributed by atoms with Crippen molar-refractivity contribution in [3.63, 3.8) is 0 Å². The van der Waals surface area contributed by atoms with Crippen LogP contribution in [0.5, 0.6) is 0 Å². The summed E-state index contributed by atoms with van der Waals surface area (Å²) in [4.78, 5) is 14.1. The molecule has 1 rings (SSSR count). The Bertz CT molecular complexity index is 417. The summed E-state index contributed by atoms with van der Waals surface area (Å²) >= 11 is 3.55. The maximum absolute atomic E-state index is 12.2. The van der Waals surface area contributed by atoms with Crippen LogP contribution >= 0.6 is 15.9 Å². The van der Waals surface area contributed by atoms with Gasteiger partial charge in [0, 0.05) is 23.6 Å². The number of nitrogens with one attached hydrogen (secondary N) is 1. The monoisotopic (exact) mass is 340 g/mol. The number of carbonyl (C=O) groups excluding carboxylic acids is 1. The first kappa shape index (κ1) is 17.2. The molecule has 1 atom stereocenters. The van der Waals surface area contributed by atoms with E-state index in [-0.39, 0.29) is 11.9 Å². The average Bonchev–Trinajstić information content (AvgIpc) is 2.44. The lowest BCUT2D eigenvalue weighted by molar-refractivity contribution is -0.130. The highest BCUT2D eigenvalue weighted by Crippen LogP contribution is 2.22. The molecule has 112 valence electrons. The van der Waals surface area contributed by atoms with Crippen molar-refractivity contribution in [2.24, 2.45) is 0 Å². The molecular weight excluding hydrogens is 316 g/mol. The lowest BCUT2D eigenvalue weighted by atomic mass is 10.1. The summed E-state index contributed by atoms with van der Waals surface area (Å²) in [6.45, 7) is 8.37. The number of amides is 1. The number of halogens is 1. The molecule has 4 heteroatoms. The Balaban J connectivity index is 2.53. The number of hydrogen-bond donors (Lipinski definition) is 1. The molecule has 0 spiro atoms. The number of nitrogens with zero attached hydrogens (tertiary/aromatic N) is 1. The summed E-state index contributed by atoms with van der Waals surface area (Å²) < 4.78 is 1.08. The van der Waals surface area contributed by atoms with Crippen LogP contribution in [0.3, 0.4) is 0 Å². The van der Waals surface area contributed by atoms with Crippen molar-refractivity contribution in [1.82, 2.24) is 10.2 Å². The molecule has 0 saturated carbocycles. The Morgan fingerprint density at radius 1 is 1.25 bits per heavy atom. The standard InChI is InChI=1S/C16H25BrN2O/c1-4-10-19(11-5-2)16(20)12-18-13(3)14-8-6-7-9-15(14)17/h6-9,13,18H,4-5,10-12H2,1-3H3. The average molecular weight is 341 g/mol. The third-order valence-electron chi connectivity index (χ3n) is 3.27. The molecule has 0 aromatic heterocycles. The Hall–Kier alpha value is -0.870. The summed E-state index contributed by atoms with van der Waals surface area (Å²) in [5, 5.41) is 3.32. The SMILES string of the molecule is CCCN(CCC)C(=O)CNC(C)c1ccccc1Br. The topological polar surface area (TPSA) is 32.3 Å². The van der Waals surface area contributed by atoms with Crippen LogP contribution in [0, 0.1) is 0 Å². The van der Waals surface area contributed by atoms with Gasteiger partial charge in [-0.25, -0.2) is 0 Å². The van der Waals surface area contributed by atoms with E-state index < -0.39 is 0 Å². The van der Waals surface area contributed by atoms with E-state index in [2.05, 4.69) is 48.1 Å². The molecule has 0 bridgehead atoms. The first-order valence-corrected chi connectivity index (χ1v) is 8.15. The maximum Gasteiger partial charge on any atom is 0.236 e. The lowest BCUT2D eigenvalue weighted by Gasteiger charge is -2.23. The summed E-state index contributed by atoms with van der Waals surface area (Å²) in [7, 11) is 0. The third-order valence-corrected chi connectivity index (χ3v) is 3.99. The molecule has 1 unspecified atom stereocenters. The highest BCUT2D eigenvalue weighted by Gasteiger charge is 2.14. The molecule has 0 saturated heterocycles. The van der Waals surface area contributed by atoms with Gasteiger partial charge in [-0.3, -0.25) is 4.79 Å². The smallest absolute Gasteiger partial charge is 0.236 e. The van der Waals surface area contributed by atoms with Crippen molar-refractivity contribution in [2.75, 3.05) is 19.6 Å². The van der Waals surface area contributed by atoms with Gasteiger partial charge >= 0.3 is 0 Å². The molecule has 0 aliphatic heterocycles. The summed E-state index contributed by atoms with van der Waals surface area (Å²) in [5.74, 6) is 0.188. The van der Waals surface area contributed by atoms with Crippen molar-refractivity contribution in [2.45, 2.75) is 39.7 Å². The summed E-state index contributed by atoms with van der Waals surface area (Å²) in [5.41, 5.74) is 1.18. The molecule has 20 heavy (non-hydrogen) atoms. The third kappa shape index (κ3) is 5.25. The highest BCUT2D eigenvalue weighted by molar-refractivity contribution is 9.10. The minimum Gasteiger partial charge on any atom is -0.342 e. The van der Waals surface area contributed by atoms with Gasteiger partial charge in [0.15, 0.2) is 0 Å². The Labute approximate surface area is 130 Å². The number of hydrogen-bond acceptors (Lipinski definition) is 2. The van der Waals surface area contributed by atoms with E-state index in [1.807, 2.05) is 23.1 Å². The molecular formula is C16H25BrN2O. The van der Waals surface area contributed by atoms with Crippen LogP contribution in [0.15, 0.2) is 28.7 Å². The second kappa shape index (κ2) is 9.14. The second-order valence-corrected chi connectivity index (χ2v) is 5.86. The number of rotatable bonds is 8. The van der Waals surface area contributed by atoms with Gasteiger partial charge in [-0.1, -0.05) is 48.0 Å². The molecule has 0 aliphatic rings. The zero-order valence-corrected chi connectivity index (χ0v) is 14.2. The van der Waals surface area contributed by atoms with E-state index >= 15 is 0 Å². The van der Waals surface area contributed by atoms with Crippen LogP contribution in [0.2, 0.25) is 0 Å². The largest absolute Gasteiger partial charge is 0.342 e. The first-order valence-electron chi connectivity index (χ1n) is 7.35. The number of carbonyl (C=O) groups is 1. The fraction of sp³-hybridized carbons (Fsp3) is 0.562. The van der Waals surface area contributed by atoms with Gasteiger partial charge in [0.2, 0.25) is 5.91 Å². The van der Waals surface area contributed by atoms with Crippen molar-refractivity contribution in [3.8, 4) is 0 Å². The van der Waals surface area contributed by atoms with E-state index in [0.29, 0.717) is 6.54 Å². The Morgan fingerprint density at radius 2 is 1.85 bits per heavy atom. The molecule has 1 aromatic rings. The van der Waals surface area contributed by atoms with E-state index in [4.69, 9.17) is 0 Å². The van der Waals surface area contributed by atoms with E-state index in [1.165, 1.54) is 5.56 Å². The van der Waals surface area contributed by atoms with Gasteiger partial charge in [-0.2, -0.15) is 0 Å². The zero-order valence-electron chi connectivity index (χ0n) is 12.7. The van der Waals surface area contributed by atoms with Crippen molar-refractivity contribution >= 4 is 21.8 Å². The van der Waals surface area contributed by atoms with Gasteiger partial charge < -0.3 is 10.2 Å². The molecule has 1 amide bonds. The molecule has 0 fully saturated rings. The number of benzene rings is 1. The van der Waals surface area contributed by atoms with Crippen LogP contribution in [-0.2, 0) is 4.79 Å². The molecule has 0 heterocycles. The predicted molar refractivity (Wildman–Crippen MR) is 87.7 cm³/mol. The van der Waals surface area contributed by atoms with Crippen molar-refractivity contribution in [3.05, 3.63) is 34.3 Å². The molecule has 3 nitrogen and oxygen atoms in total. The van der Waals surface area contributed by atoms with Crippen LogP contribution in [-0.4, -0.2) is 30.4 Å².